The standard InChI is InChI=1S/C13H10Cl3N3O/c1-20-11-6-3-9(4-7-11)2-5-10-8-12(13(14,15)16)18-19-17-10/h2-8H,1H3. The lowest BCUT2D eigenvalue weighted by atomic mass is 10.2. The van der Waals surface area contributed by atoms with Crippen LogP contribution in [0.15, 0.2) is 30.3 Å². The predicted octanol–water partition coefficient (Wildman–Crippen LogP) is 3.88. The number of benzene rings is 1. The average Bonchev–Trinajstić information content (AvgIpc) is 2.45. The van der Waals surface area contributed by atoms with Crippen LogP contribution in [0, 0.1) is 0 Å². The third kappa shape index (κ3) is 4.07. The van der Waals surface area contributed by atoms with Crippen molar-refractivity contribution in [3.63, 3.8) is 0 Å². The Kier molecular flexibility index (Phi) is 4.81. The molecule has 0 amide bonds. The first-order chi connectivity index (χ1) is 9.49. The van der Waals surface area contributed by atoms with Gasteiger partial charge in [0.15, 0.2) is 0 Å². The molecule has 0 aliphatic heterocycles. The highest BCUT2D eigenvalue weighted by molar-refractivity contribution is 6.66. The van der Waals surface area contributed by atoms with Gasteiger partial charge in [-0.15, -0.1) is 10.2 Å². The SMILES string of the molecule is COc1ccc(C=Cc2cc(C(Cl)(Cl)Cl)nnn2)cc1. The van der Waals surface area contributed by atoms with Crippen LogP contribution in [0.25, 0.3) is 12.2 Å². The monoisotopic (exact) mass is 329 g/mol. The zero-order chi connectivity index (χ0) is 14.6. The van der Waals surface area contributed by atoms with Gasteiger partial charge in [-0.3, -0.25) is 0 Å². The van der Waals surface area contributed by atoms with Gasteiger partial charge in [0.05, 0.1) is 12.8 Å². The zero-order valence-corrected chi connectivity index (χ0v) is 12.7. The summed E-state index contributed by atoms with van der Waals surface area (Å²) in [5, 5.41) is 11.1. The Bertz CT molecular complexity index is 609. The van der Waals surface area contributed by atoms with Gasteiger partial charge in [0.1, 0.15) is 11.4 Å². The Morgan fingerprint density at radius 3 is 2.35 bits per heavy atom. The summed E-state index contributed by atoms with van der Waals surface area (Å²) in [6.45, 7) is 0. The molecule has 0 unspecified atom stereocenters. The number of hydrogen-bond acceptors (Lipinski definition) is 4. The molecule has 0 atom stereocenters. The van der Waals surface area contributed by atoms with Crippen LogP contribution in [0.2, 0.25) is 0 Å². The van der Waals surface area contributed by atoms with Crippen molar-refractivity contribution in [2.75, 3.05) is 7.11 Å². The van der Waals surface area contributed by atoms with Crippen molar-refractivity contribution in [1.82, 2.24) is 15.4 Å². The summed E-state index contributed by atoms with van der Waals surface area (Å²) in [5.41, 5.74) is 1.77. The number of rotatable bonds is 3. The quantitative estimate of drug-likeness (QED) is 0.801. The Labute approximate surface area is 131 Å². The molecular formula is C13H10Cl3N3O. The van der Waals surface area contributed by atoms with Crippen molar-refractivity contribution in [3.8, 4) is 5.75 Å². The van der Waals surface area contributed by atoms with Crippen LogP contribution in [0.3, 0.4) is 0 Å². The van der Waals surface area contributed by atoms with Crippen LogP contribution in [-0.4, -0.2) is 22.5 Å². The van der Waals surface area contributed by atoms with Crippen molar-refractivity contribution >= 4 is 47.0 Å². The number of hydrogen-bond donors (Lipinski definition) is 0. The molecule has 2 aromatic rings. The van der Waals surface area contributed by atoms with E-state index in [-0.39, 0.29) is 5.69 Å². The second-order valence-electron chi connectivity index (χ2n) is 3.85. The number of nitrogens with zero attached hydrogens (tertiary/aromatic N) is 3. The summed E-state index contributed by atoms with van der Waals surface area (Å²) in [6, 6.07) is 9.13. The molecule has 7 heteroatoms. The van der Waals surface area contributed by atoms with Crippen LogP contribution in [0.1, 0.15) is 17.0 Å². The molecule has 0 N–H and O–H groups in total. The van der Waals surface area contributed by atoms with Gasteiger partial charge in [0, 0.05) is 0 Å². The van der Waals surface area contributed by atoms with Crippen molar-refractivity contribution in [1.29, 1.82) is 0 Å². The van der Waals surface area contributed by atoms with Crippen LogP contribution in [0.4, 0.5) is 0 Å². The molecule has 104 valence electrons. The number of halogens is 3. The molecule has 0 bridgehead atoms. The number of alkyl halides is 3. The first-order valence-electron chi connectivity index (χ1n) is 5.59. The van der Waals surface area contributed by atoms with E-state index in [1.165, 1.54) is 0 Å². The molecule has 0 aliphatic carbocycles. The second-order valence-corrected chi connectivity index (χ2v) is 6.13. The second kappa shape index (κ2) is 6.39. The van der Waals surface area contributed by atoms with E-state index in [2.05, 4.69) is 15.4 Å². The number of methoxy groups -OCH3 is 1. The third-order valence-corrected chi connectivity index (χ3v) is 3.03. The number of aromatic nitrogens is 3. The summed E-state index contributed by atoms with van der Waals surface area (Å²) in [7, 11) is 1.62. The van der Waals surface area contributed by atoms with Crippen molar-refractivity contribution in [2.45, 2.75) is 3.79 Å². The normalized spacial score (nSPS) is 11.8. The fourth-order valence-electron chi connectivity index (χ4n) is 1.44. The lowest BCUT2D eigenvalue weighted by Crippen LogP contribution is -2.06. The first-order valence-corrected chi connectivity index (χ1v) is 6.72. The van der Waals surface area contributed by atoms with Gasteiger partial charge in [-0.05, 0) is 35.1 Å². The van der Waals surface area contributed by atoms with Crippen molar-refractivity contribution in [2.24, 2.45) is 0 Å². The minimum Gasteiger partial charge on any atom is -0.497 e. The van der Waals surface area contributed by atoms with Gasteiger partial charge >= 0.3 is 0 Å². The maximum Gasteiger partial charge on any atom is 0.234 e. The van der Waals surface area contributed by atoms with Crippen LogP contribution in [-0.2, 0) is 3.79 Å². The lowest BCUT2D eigenvalue weighted by Gasteiger charge is -2.08. The fraction of sp³-hybridized carbons (Fsp3) is 0.154. The van der Waals surface area contributed by atoms with Crippen LogP contribution >= 0.6 is 34.8 Å². The Hall–Kier alpha value is -1.36. The molecule has 0 radical (unpaired) electrons. The van der Waals surface area contributed by atoms with E-state index in [0.717, 1.165) is 11.3 Å². The van der Waals surface area contributed by atoms with Gasteiger partial charge in [-0.25, -0.2) is 0 Å². The van der Waals surface area contributed by atoms with Gasteiger partial charge < -0.3 is 4.74 Å². The smallest absolute Gasteiger partial charge is 0.234 e. The topological polar surface area (TPSA) is 47.9 Å². The largest absolute Gasteiger partial charge is 0.497 e. The molecule has 4 nitrogen and oxygen atoms in total. The summed E-state index contributed by atoms with van der Waals surface area (Å²) in [5.74, 6) is 0.796. The summed E-state index contributed by atoms with van der Waals surface area (Å²) < 4.78 is 3.47. The van der Waals surface area contributed by atoms with Gasteiger partial charge in [0.2, 0.25) is 3.79 Å². The van der Waals surface area contributed by atoms with E-state index in [4.69, 9.17) is 39.5 Å². The molecule has 20 heavy (non-hydrogen) atoms. The van der Waals surface area contributed by atoms with Crippen molar-refractivity contribution < 1.29 is 4.74 Å². The molecule has 0 aliphatic rings. The minimum absolute atomic E-state index is 0.229. The van der Waals surface area contributed by atoms with Crippen LogP contribution in [0.5, 0.6) is 5.75 Å². The van der Waals surface area contributed by atoms with E-state index < -0.39 is 3.79 Å². The highest BCUT2D eigenvalue weighted by atomic mass is 35.6. The first kappa shape index (κ1) is 15.0. The molecule has 0 spiro atoms. The molecule has 1 aromatic heterocycles. The van der Waals surface area contributed by atoms with Crippen LogP contribution < -0.4 is 4.74 Å². The van der Waals surface area contributed by atoms with Gasteiger partial charge in [-0.2, -0.15) is 0 Å². The molecule has 0 saturated carbocycles. The number of ether oxygens (including phenoxy) is 1. The maximum absolute atomic E-state index is 5.74. The van der Waals surface area contributed by atoms with Gasteiger partial charge in [-0.1, -0.05) is 53.0 Å². The highest BCUT2D eigenvalue weighted by Gasteiger charge is 2.25. The average molecular weight is 331 g/mol. The van der Waals surface area contributed by atoms with Gasteiger partial charge in [0.25, 0.3) is 0 Å². The molecule has 1 aromatic carbocycles. The maximum atomic E-state index is 5.74. The molecule has 0 fully saturated rings. The summed E-state index contributed by atoms with van der Waals surface area (Å²) in [4.78, 5) is 0. The highest BCUT2D eigenvalue weighted by Crippen LogP contribution is 2.36. The lowest BCUT2D eigenvalue weighted by molar-refractivity contribution is 0.415. The van der Waals surface area contributed by atoms with E-state index in [9.17, 15) is 0 Å². The van der Waals surface area contributed by atoms with E-state index in [1.54, 1.807) is 19.3 Å². The molecule has 0 saturated heterocycles. The summed E-state index contributed by atoms with van der Waals surface area (Å²) in [6.07, 6.45) is 3.63. The van der Waals surface area contributed by atoms with E-state index >= 15 is 0 Å². The summed E-state index contributed by atoms with van der Waals surface area (Å²) >= 11 is 17.2. The van der Waals surface area contributed by atoms with E-state index in [0.29, 0.717) is 5.69 Å². The third-order valence-electron chi connectivity index (χ3n) is 2.45. The minimum atomic E-state index is -1.61. The van der Waals surface area contributed by atoms with Crippen molar-refractivity contribution in [3.05, 3.63) is 47.3 Å². The van der Waals surface area contributed by atoms with E-state index in [1.807, 2.05) is 30.3 Å². The zero-order valence-electron chi connectivity index (χ0n) is 10.4. The predicted molar refractivity (Wildman–Crippen MR) is 81.0 cm³/mol. The Morgan fingerprint density at radius 2 is 1.75 bits per heavy atom. The molecule has 2 rings (SSSR count). The fourth-order valence-corrected chi connectivity index (χ4v) is 1.71. The molecule has 1 heterocycles. The molecular weight excluding hydrogens is 321 g/mol. The Morgan fingerprint density at radius 1 is 1.05 bits per heavy atom. The Balaban J connectivity index is 2.18.